The van der Waals surface area contributed by atoms with E-state index in [1.54, 1.807) is 22.2 Å². The van der Waals surface area contributed by atoms with Crippen LogP contribution in [0.25, 0.3) is 0 Å². The molecule has 0 bridgehead atoms. The van der Waals surface area contributed by atoms with Crippen LogP contribution in [0.15, 0.2) is 17.8 Å². The maximum atomic E-state index is 8.68. The summed E-state index contributed by atoms with van der Waals surface area (Å²) in [4.78, 5) is 4.11. The number of rotatable bonds is 6. The van der Waals surface area contributed by atoms with E-state index < -0.39 is 0 Å². The first kappa shape index (κ1) is 11.0. The molecule has 0 fully saturated rings. The average molecular weight is 239 g/mol. The number of aliphatic hydroxyl groups excluding tert-OH is 1. The summed E-state index contributed by atoms with van der Waals surface area (Å²) in [5, 5.41) is 22.6. The first-order valence-corrected chi connectivity index (χ1v) is 5.89. The van der Waals surface area contributed by atoms with Crippen molar-refractivity contribution in [1.82, 2.24) is 20.0 Å². The molecule has 0 radical (unpaired) electrons. The van der Waals surface area contributed by atoms with Crippen LogP contribution in [0.3, 0.4) is 0 Å². The van der Waals surface area contributed by atoms with E-state index in [1.807, 2.05) is 11.6 Å². The summed E-state index contributed by atoms with van der Waals surface area (Å²) in [5.74, 6) is 0. The highest BCUT2D eigenvalue weighted by atomic mass is 32.1. The van der Waals surface area contributed by atoms with Gasteiger partial charge in [0.05, 0.1) is 12.7 Å². The molecule has 2 aromatic heterocycles. The minimum Gasteiger partial charge on any atom is -0.396 e. The molecule has 2 heterocycles. The topological polar surface area (TPSA) is 75.9 Å². The van der Waals surface area contributed by atoms with Gasteiger partial charge in [0.25, 0.3) is 0 Å². The molecule has 0 spiro atoms. The quantitative estimate of drug-likeness (QED) is 0.777. The van der Waals surface area contributed by atoms with Crippen LogP contribution in [0.2, 0.25) is 0 Å². The molecule has 0 aliphatic heterocycles. The van der Waals surface area contributed by atoms with Crippen molar-refractivity contribution in [2.45, 2.75) is 19.5 Å². The zero-order valence-corrected chi connectivity index (χ0v) is 9.52. The molecule has 7 heteroatoms. The van der Waals surface area contributed by atoms with E-state index in [4.69, 9.17) is 5.11 Å². The van der Waals surface area contributed by atoms with E-state index in [-0.39, 0.29) is 6.61 Å². The highest BCUT2D eigenvalue weighted by molar-refractivity contribution is 7.13. The zero-order chi connectivity index (χ0) is 11.2. The number of aliphatic hydroxyl groups is 1. The van der Waals surface area contributed by atoms with Crippen LogP contribution in [0.1, 0.15) is 12.1 Å². The maximum Gasteiger partial charge on any atom is 0.182 e. The monoisotopic (exact) mass is 239 g/mol. The summed E-state index contributed by atoms with van der Waals surface area (Å²) in [6, 6.07) is 0. The molecule has 0 unspecified atom stereocenters. The molecule has 0 aliphatic rings. The third-order valence-electron chi connectivity index (χ3n) is 1.98. The lowest BCUT2D eigenvalue weighted by Gasteiger charge is -1.97. The Morgan fingerprint density at radius 3 is 3.19 bits per heavy atom. The Labute approximate surface area is 96.9 Å². The van der Waals surface area contributed by atoms with Gasteiger partial charge in [0, 0.05) is 24.7 Å². The van der Waals surface area contributed by atoms with Gasteiger partial charge < -0.3 is 10.4 Å². The van der Waals surface area contributed by atoms with Crippen LogP contribution in [0, 0.1) is 0 Å². The number of hydrogen-bond acceptors (Lipinski definition) is 6. The lowest BCUT2D eigenvalue weighted by molar-refractivity contribution is 0.276. The molecule has 0 amide bonds. The number of nitrogens with one attached hydrogen (secondary N) is 1. The number of aryl methyl sites for hydroxylation is 1. The standard InChI is InChI=1S/C9H13N5OS/c15-4-1-3-14-7-8(12-13-14)6-11-9-10-2-5-16-9/h2,5,7,15H,1,3-4,6H2,(H,10,11). The molecular weight excluding hydrogens is 226 g/mol. The molecule has 2 N–H and O–H groups in total. The normalized spacial score (nSPS) is 10.6. The van der Waals surface area contributed by atoms with Crippen LogP contribution in [0.4, 0.5) is 5.13 Å². The number of aromatic nitrogens is 4. The van der Waals surface area contributed by atoms with E-state index in [1.165, 1.54) is 0 Å². The third-order valence-corrected chi connectivity index (χ3v) is 2.72. The maximum absolute atomic E-state index is 8.68. The Balaban J connectivity index is 1.83. The molecule has 0 saturated carbocycles. The second-order valence-corrected chi connectivity index (χ2v) is 4.14. The molecule has 0 aromatic carbocycles. The van der Waals surface area contributed by atoms with E-state index in [0.717, 1.165) is 10.8 Å². The zero-order valence-electron chi connectivity index (χ0n) is 8.70. The molecule has 6 nitrogen and oxygen atoms in total. The second kappa shape index (κ2) is 5.57. The van der Waals surface area contributed by atoms with E-state index >= 15 is 0 Å². The van der Waals surface area contributed by atoms with Crippen molar-refractivity contribution in [2.24, 2.45) is 0 Å². The van der Waals surface area contributed by atoms with Crippen LogP contribution in [-0.4, -0.2) is 31.7 Å². The van der Waals surface area contributed by atoms with Crippen LogP contribution < -0.4 is 5.32 Å². The van der Waals surface area contributed by atoms with E-state index in [9.17, 15) is 0 Å². The molecule has 16 heavy (non-hydrogen) atoms. The minimum absolute atomic E-state index is 0.173. The van der Waals surface area contributed by atoms with Gasteiger partial charge in [0.15, 0.2) is 5.13 Å². The summed E-state index contributed by atoms with van der Waals surface area (Å²) in [6.45, 7) is 1.49. The first-order valence-electron chi connectivity index (χ1n) is 5.02. The fourth-order valence-corrected chi connectivity index (χ4v) is 1.77. The summed E-state index contributed by atoms with van der Waals surface area (Å²) >= 11 is 1.55. The van der Waals surface area contributed by atoms with Gasteiger partial charge in [-0.1, -0.05) is 5.21 Å². The van der Waals surface area contributed by atoms with Crippen molar-refractivity contribution >= 4 is 16.5 Å². The summed E-state index contributed by atoms with van der Waals surface area (Å²) in [5.41, 5.74) is 0.869. The number of anilines is 1. The van der Waals surface area contributed by atoms with Crippen molar-refractivity contribution in [1.29, 1.82) is 0 Å². The van der Waals surface area contributed by atoms with Crippen LogP contribution in [0.5, 0.6) is 0 Å². The largest absolute Gasteiger partial charge is 0.396 e. The predicted octanol–water partition coefficient (Wildman–Crippen LogP) is 0.729. The lowest BCUT2D eigenvalue weighted by atomic mass is 10.4. The SMILES string of the molecule is OCCCn1cc(CNc2nccs2)nn1. The molecule has 2 rings (SSSR count). The van der Waals surface area contributed by atoms with Crippen molar-refractivity contribution < 1.29 is 5.11 Å². The molecule has 0 atom stereocenters. The van der Waals surface area contributed by atoms with Crippen LogP contribution >= 0.6 is 11.3 Å². The predicted molar refractivity (Wildman–Crippen MR) is 61.2 cm³/mol. The average Bonchev–Trinajstić information content (AvgIpc) is 2.95. The Kier molecular flexibility index (Phi) is 3.84. The number of thiazole rings is 1. The van der Waals surface area contributed by atoms with Crippen molar-refractivity contribution in [3.05, 3.63) is 23.5 Å². The summed E-state index contributed by atoms with van der Waals surface area (Å²) < 4.78 is 1.73. The third kappa shape index (κ3) is 3.01. The van der Waals surface area contributed by atoms with Gasteiger partial charge in [-0.15, -0.1) is 16.4 Å². The Morgan fingerprint density at radius 2 is 2.44 bits per heavy atom. The van der Waals surface area contributed by atoms with Gasteiger partial charge in [-0.2, -0.15) is 0 Å². The Bertz CT molecular complexity index is 413. The first-order chi connectivity index (χ1) is 7.88. The highest BCUT2D eigenvalue weighted by Gasteiger charge is 2.01. The fraction of sp³-hybridized carbons (Fsp3) is 0.444. The van der Waals surface area contributed by atoms with Crippen molar-refractivity contribution in [3.8, 4) is 0 Å². The van der Waals surface area contributed by atoms with Gasteiger partial charge in [-0.05, 0) is 6.42 Å². The van der Waals surface area contributed by atoms with Gasteiger partial charge in [0.2, 0.25) is 0 Å². The van der Waals surface area contributed by atoms with Gasteiger partial charge in [-0.25, -0.2) is 4.98 Å². The van der Waals surface area contributed by atoms with Crippen molar-refractivity contribution in [3.63, 3.8) is 0 Å². The minimum atomic E-state index is 0.173. The van der Waals surface area contributed by atoms with E-state index in [0.29, 0.717) is 19.5 Å². The van der Waals surface area contributed by atoms with Gasteiger partial charge in [-0.3, -0.25) is 4.68 Å². The lowest BCUT2D eigenvalue weighted by Crippen LogP contribution is -2.00. The summed E-state index contributed by atoms with van der Waals surface area (Å²) in [6.07, 6.45) is 4.32. The Hall–Kier alpha value is -1.47. The van der Waals surface area contributed by atoms with Gasteiger partial charge in [0.1, 0.15) is 5.69 Å². The fourth-order valence-electron chi connectivity index (χ4n) is 1.24. The highest BCUT2D eigenvalue weighted by Crippen LogP contribution is 2.11. The smallest absolute Gasteiger partial charge is 0.182 e. The molecular formula is C9H13N5OS. The molecule has 0 saturated heterocycles. The van der Waals surface area contributed by atoms with E-state index in [2.05, 4.69) is 20.6 Å². The van der Waals surface area contributed by atoms with Crippen LogP contribution in [-0.2, 0) is 13.1 Å². The molecule has 2 aromatic rings. The molecule has 86 valence electrons. The van der Waals surface area contributed by atoms with Gasteiger partial charge >= 0.3 is 0 Å². The molecule has 0 aliphatic carbocycles. The van der Waals surface area contributed by atoms with Crippen molar-refractivity contribution in [2.75, 3.05) is 11.9 Å². The summed E-state index contributed by atoms with van der Waals surface area (Å²) in [7, 11) is 0. The second-order valence-electron chi connectivity index (χ2n) is 3.24. The Morgan fingerprint density at radius 1 is 1.50 bits per heavy atom. The number of nitrogens with zero attached hydrogens (tertiary/aromatic N) is 4. The number of hydrogen-bond donors (Lipinski definition) is 2.